The number of aromatic amines is 1. The van der Waals surface area contributed by atoms with Gasteiger partial charge < -0.3 is 24.7 Å². The van der Waals surface area contributed by atoms with Crippen molar-refractivity contribution in [2.75, 3.05) is 18.4 Å². The molecule has 1 fully saturated rings. The minimum atomic E-state index is -0.532. The molecule has 5 rings (SSSR count). The van der Waals surface area contributed by atoms with Crippen LogP contribution in [0.25, 0.3) is 22.3 Å². The van der Waals surface area contributed by atoms with Gasteiger partial charge in [-0.25, -0.2) is 24.1 Å². The molecule has 3 heterocycles. The van der Waals surface area contributed by atoms with E-state index < -0.39 is 5.60 Å². The molecule has 1 amide bonds. The smallest absolute Gasteiger partial charge is 0.410 e. The van der Waals surface area contributed by atoms with Crippen molar-refractivity contribution in [1.29, 1.82) is 0 Å². The molecule has 0 atom stereocenters. The highest BCUT2D eigenvalue weighted by molar-refractivity contribution is 5.87. The summed E-state index contributed by atoms with van der Waals surface area (Å²) >= 11 is 0. The fourth-order valence-electron chi connectivity index (χ4n) is 4.31. The van der Waals surface area contributed by atoms with Crippen LogP contribution in [-0.2, 0) is 4.74 Å². The molecule has 0 unspecified atom stereocenters. The largest absolute Gasteiger partial charge is 0.489 e. The van der Waals surface area contributed by atoms with Gasteiger partial charge >= 0.3 is 6.09 Å². The van der Waals surface area contributed by atoms with E-state index in [2.05, 4.69) is 25.3 Å². The van der Waals surface area contributed by atoms with Crippen molar-refractivity contribution in [3.05, 3.63) is 60.3 Å². The van der Waals surface area contributed by atoms with Crippen LogP contribution in [0.15, 0.2) is 48.8 Å². The number of H-pyrrole nitrogens is 1. The Kier molecular flexibility index (Phi) is 6.88. The van der Waals surface area contributed by atoms with Gasteiger partial charge in [-0.2, -0.15) is 0 Å². The Balaban J connectivity index is 1.39. The summed E-state index contributed by atoms with van der Waals surface area (Å²) in [4.78, 5) is 31.0. The van der Waals surface area contributed by atoms with Crippen molar-refractivity contribution in [2.45, 2.75) is 52.2 Å². The molecular weight excluding hydrogens is 487 g/mol. The summed E-state index contributed by atoms with van der Waals surface area (Å²) < 4.78 is 25.6. The zero-order chi connectivity index (χ0) is 26.9. The number of carbonyl (C=O) groups excluding carboxylic acids is 1. The van der Waals surface area contributed by atoms with Crippen LogP contribution in [0, 0.1) is 12.7 Å². The molecule has 10 heteroatoms. The zero-order valence-electron chi connectivity index (χ0n) is 21.9. The topological polar surface area (TPSA) is 105 Å². The lowest BCUT2D eigenvalue weighted by Crippen LogP contribution is -2.44. The molecule has 0 spiro atoms. The number of benzene rings is 2. The molecule has 0 aliphatic carbocycles. The quantitative estimate of drug-likeness (QED) is 0.334. The summed E-state index contributed by atoms with van der Waals surface area (Å²) in [6.07, 6.45) is 4.50. The number of likely N-dealkylation sites (tertiary alicyclic amines) is 1. The van der Waals surface area contributed by atoms with Crippen LogP contribution in [0.3, 0.4) is 0 Å². The van der Waals surface area contributed by atoms with Gasteiger partial charge in [-0.15, -0.1) is 0 Å². The Morgan fingerprint density at radius 3 is 2.63 bits per heavy atom. The summed E-state index contributed by atoms with van der Waals surface area (Å²) in [6.45, 7) is 8.60. The number of hydrogen-bond acceptors (Lipinski definition) is 7. The number of hydrogen-bond donors (Lipinski definition) is 2. The number of halogens is 1. The average molecular weight is 519 g/mol. The maximum absolute atomic E-state index is 13.6. The number of amides is 1. The Morgan fingerprint density at radius 2 is 1.95 bits per heavy atom. The number of fused-ring (bicyclic) bond motifs is 1. The van der Waals surface area contributed by atoms with Crippen molar-refractivity contribution in [2.24, 2.45) is 0 Å². The maximum Gasteiger partial charge on any atom is 0.410 e. The van der Waals surface area contributed by atoms with Crippen LogP contribution >= 0.6 is 0 Å². The molecule has 2 aromatic heterocycles. The number of piperidine rings is 1. The third-order valence-corrected chi connectivity index (χ3v) is 6.11. The van der Waals surface area contributed by atoms with E-state index in [9.17, 15) is 9.18 Å². The molecule has 2 aromatic carbocycles. The zero-order valence-corrected chi connectivity index (χ0v) is 21.9. The van der Waals surface area contributed by atoms with E-state index in [1.165, 1.54) is 12.1 Å². The maximum atomic E-state index is 13.6. The lowest BCUT2D eigenvalue weighted by atomic mass is 10.1. The number of nitrogens with zero attached hydrogens (tertiary/aromatic N) is 4. The summed E-state index contributed by atoms with van der Waals surface area (Å²) in [7, 11) is 0. The van der Waals surface area contributed by atoms with Gasteiger partial charge in [0.05, 0.1) is 16.8 Å². The van der Waals surface area contributed by atoms with Crippen LogP contribution in [-0.4, -0.2) is 55.7 Å². The molecule has 0 saturated carbocycles. The SMILES string of the molecule is Cc1c[nH]c(-c2cc3cnc(Nc4cccc(F)c4)nc3cc2OC2CCN(C(=O)OC(C)(C)C)CC2)n1. The van der Waals surface area contributed by atoms with Crippen molar-refractivity contribution in [1.82, 2.24) is 24.8 Å². The lowest BCUT2D eigenvalue weighted by molar-refractivity contribution is 0.0127. The van der Waals surface area contributed by atoms with Gasteiger partial charge in [0.2, 0.25) is 5.95 Å². The Labute approximate surface area is 220 Å². The van der Waals surface area contributed by atoms with Gasteiger partial charge in [-0.3, -0.25) is 0 Å². The summed E-state index contributed by atoms with van der Waals surface area (Å²) in [5.41, 5.74) is 2.36. The molecule has 0 radical (unpaired) electrons. The second kappa shape index (κ2) is 10.3. The van der Waals surface area contributed by atoms with Crippen molar-refractivity contribution in [3.63, 3.8) is 0 Å². The first-order chi connectivity index (χ1) is 18.1. The molecule has 0 bridgehead atoms. The van der Waals surface area contributed by atoms with Crippen LogP contribution in [0.4, 0.5) is 20.8 Å². The van der Waals surface area contributed by atoms with Gasteiger partial charge in [-0.05, 0) is 52.0 Å². The van der Waals surface area contributed by atoms with Crippen LogP contribution in [0.5, 0.6) is 5.75 Å². The molecule has 4 aromatic rings. The molecule has 1 saturated heterocycles. The third-order valence-electron chi connectivity index (χ3n) is 6.11. The fraction of sp³-hybridized carbons (Fsp3) is 0.357. The second-order valence-electron chi connectivity index (χ2n) is 10.4. The summed E-state index contributed by atoms with van der Waals surface area (Å²) in [6, 6.07) is 9.96. The number of carbonyl (C=O) groups is 1. The van der Waals surface area contributed by atoms with Gasteiger partial charge in [0.25, 0.3) is 0 Å². The number of aromatic nitrogens is 4. The lowest BCUT2D eigenvalue weighted by Gasteiger charge is -2.33. The number of nitrogens with one attached hydrogen (secondary N) is 2. The van der Waals surface area contributed by atoms with Gasteiger partial charge in [0, 0.05) is 55.5 Å². The highest BCUT2D eigenvalue weighted by Crippen LogP contribution is 2.34. The fourth-order valence-corrected chi connectivity index (χ4v) is 4.31. The van der Waals surface area contributed by atoms with E-state index in [1.54, 1.807) is 23.2 Å². The number of imidazole rings is 1. The van der Waals surface area contributed by atoms with E-state index in [0.717, 1.165) is 16.6 Å². The van der Waals surface area contributed by atoms with E-state index in [-0.39, 0.29) is 18.0 Å². The number of rotatable bonds is 5. The van der Waals surface area contributed by atoms with Gasteiger partial charge in [0.15, 0.2) is 0 Å². The Bertz CT molecular complexity index is 1460. The number of anilines is 2. The average Bonchev–Trinajstić information content (AvgIpc) is 3.29. The van der Waals surface area contributed by atoms with E-state index >= 15 is 0 Å². The van der Waals surface area contributed by atoms with E-state index in [4.69, 9.17) is 9.47 Å². The summed E-state index contributed by atoms with van der Waals surface area (Å²) in [5, 5.41) is 3.86. The molecular formula is C28H31FN6O3. The van der Waals surface area contributed by atoms with Crippen molar-refractivity contribution >= 4 is 28.6 Å². The van der Waals surface area contributed by atoms with Crippen LogP contribution < -0.4 is 10.1 Å². The normalized spacial score (nSPS) is 14.5. The molecule has 9 nitrogen and oxygen atoms in total. The predicted octanol–water partition coefficient (Wildman–Crippen LogP) is 5.99. The van der Waals surface area contributed by atoms with Gasteiger partial charge in [-0.1, -0.05) is 6.07 Å². The molecule has 2 N–H and O–H groups in total. The second-order valence-corrected chi connectivity index (χ2v) is 10.4. The Morgan fingerprint density at radius 1 is 1.16 bits per heavy atom. The molecule has 198 valence electrons. The van der Waals surface area contributed by atoms with Crippen LogP contribution in [0.1, 0.15) is 39.3 Å². The third kappa shape index (κ3) is 6.01. The first-order valence-electron chi connectivity index (χ1n) is 12.6. The molecule has 1 aliphatic rings. The van der Waals surface area contributed by atoms with Crippen molar-refractivity contribution in [3.8, 4) is 17.1 Å². The molecule has 1 aliphatic heterocycles. The van der Waals surface area contributed by atoms with Crippen molar-refractivity contribution < 1.29 is 18.7 Å². The standard InChI is InChI=1S/C28H31FN6O3/c1-17-15-30-25(32-17)22-12-18-16-31-26(33-20-7-5-6-19(29)13-20)34-23(18)14-24(22)37-21-8-10-35(11-9-21)27(36)38-28(2,3)4/h5-7,12-16,21H,8-11H2,1-4H3,(H,30,32)(H,31,33,34). The first-order valence-corrected chi connectivity index (χ1v) is 12.6. The van der Waals surface area contributed by atoms with Crippen LogP contribution in [0.2, 0.25) is 0 Å². The predicted molar refractivity (Wildman–Crippen MR) is 143 cm³/mol. The first kappa shape index (κ1) is 25.4. The molecule has 38 heavy (non-hydrogen) atoms. The Hall–Kier alpha value is -4.21. The highest BCUT2D eigenvalue weighted by atomic mass is 19.1. The van der Waals surface area contributed by atoms with E-state index in [0.29, 0.717) is 54.7 Å². The van der Waals surface area contributed by atoms with E-state index in [1.807, 2.05) is 46.0 Å². The number of ether oxygens (including phenoxy) is 2. The monoisotopic (exact) mass is 518 g/mol. The number of aryl methyl sites for hydroxylation is 1. The minimum Gasteiger partial charge on any atom is -0.489 e. The minimum absolute atomic E-state index is 0.0901. The highest BCUT2D eigenvalue weighted by Gasteiger charge is 2.28. The van der Waals surface area contributed by atoms with Gasteiger partial charge in [0.1, 0.15) is 29.1 Å². The summed E-state index contributed by atoms with van der Waals surface area (Å²) in [5.74, 6) is 1.33.